The van der Waals surface area contributed by atoms with Crippen LogP contribution in [0.2, 0.25) is 0 Å². The minimum Gasteiger partial charge on any atom is -0.493 e. The first-order valence-electron chi connectivity index (χ1n) is 7.69. The van der Waals surface area contributed by atoms with Crippen molar-refractivity contribution in [1.82, 2.24) is 10.2 Å². The van der Waals surface area contributed by atoms with E-state index >= 15 is 0 Å². The summed E-state index contributed by atoms with van der Waals surface area (Å²) in [7, 11) is 2.88. The monoisotopic (exact) mass is 446 g/mol. The maximum Gasteiger partial charge on any atom is 0.387 e. The van der Waals surface area contributed by atoms with Gasteiger partial charge in [0.25, 0.3) is 5.91 Å². The molecule has 1 aromatic heterocycles. The molecule has 1 N–H and O–H groups in total. The van der Waals surface area contributed by atoms with Gasteiger partial charge in [0.15, 0.2) is 21.9 Å². The van der Waals surface area contributed by atoms with Gasteiger partial charge in [0.2, 0.25) is 5.91 Å². The molecule has 0 radical (unpaired) electrons. The van der Waals surface area contributed by atoms with Crippen LogP contribution in [0.3, 0.4) is 0 Å². The van der Waals surface area contributed by atoms with Crippen LogP contribution >= 0.6 is 15.9 Å². The normalized spacial score (nSPS) is 10.6. The number of methoxy groups -OCH3 is 1. The predicted octanol–water partition coefficient (Wildman–Crippen LogP) is 3.04. The molecule has 27 heavy (non-hydrogen) atoms. The number of hydrogen-bond acceptors (Lipinski definition) is 5. The van der Waals surface area contributed by atoms with Crippen molar-refractivity contribution < 1.29 is 32.3 Å². The number of carbonyl (C=O) groups is 2. The summed E-state index contributed by atoms with van der Waals surface area (Å²) in [6, 6.07) is 7.43. The fourth-order valence-corrected chi connectivity index (χ4v) is 2.49. The predicted molar refractivity (Wildman–Crippen MR) is 94.8 cm³/mol. The summed E-state index contributed by atoms with van der Waals surface area (Å²) in [6.07, 6.45) is 0. The van der Waals surface area contributed by atoms with Gasteiger partial charge in [-0.05, 0) is 45.8 Å². The third-order valence-corrected chi connectivity index (χ3v) is 3.91. The zero-order chi connectivity index (χ0) is 20.0. The highest BCUT2D eigenvalue weighted by Gasteiger charge is 2.16. The van der Waals surface area contributed by atoms with Crippen LogP contribution in [-0.4, -0.2) is 44.0 Å². The maximum atomic E-state index is 12.4. The molecule has 0 atom stereocenters. The Morgan fingerprint density at radius 1 is 1.26 bits per heavy atom. The third kappa shape index (κ3) is 5.95. The molecule has 0 saturated heterocycles. The largest absolute Gasteiger partial charge is 0.493 e. The molecule has 7 nitrogen and oxygen atoms in total. The van der Waals surface area contributed by atoms with Crippen LogP contribution in [0.1, 0.15) is 16.1 Å². The van der Waals surface area contributed by atoms with Gasteiger partial charge in [-0.15, -0.1) is 0 Å². The number of nitrogens with one attached hydrogen (secondary N) is 1. The number of nitrogens with zero attached hydrogens (tertiary/aromatic N) is 1. The Kier molecular flexibility index (Phi) is 7.17. The molecule has 0 unspecified atom stereocenters. The fourth-order valence-electron chi connectivity index (χ4n) is 2.18. The van der Waals surface area contributed by atoms with Crippen molar-refractivity contribution in [2.75, 3.05) is 20.7 Å². The summed E-state index contributed by atoms with van der Waals surface area (Å²) in [6.45, 7) is -3.00. The first-order chi connectivity index (χ1) is 12.8. The summed E-state index contributed by atoms with van der Waals surface area (Å²) in [5, 5.41) is 2.46. The Labute approximate surface area is 162 Å². The molecule has 1 aromatic carbocycles. The van der Waals surface area contributed by atoms with E-state index in [1.807, 2.05) is 0 Å². The zero-order valence-electron chi connectivity index (χ0n) is 14.5. The number of alkyl halides is 2. The number of benzene rings is 1. The molecule has 2 amide bonds. The summed E-state index contributed by atoms with van der Waals surface area (Å²) in [4.78, 5) is 25.4. The molecule has 0 fully saturated rings. The molecule has 1 heterocycles. The van der Waals surface area contributed by atoms with Gasteiger partial charge >= 0.3 is 6.61 Å². The SMILES string of the molecule is COc1cc(CN(C)C(=O)CNC(=O)c2ccc(Br)o2)ccc1OC(F)F. The maximum absolute atomic E-state index is 12.4. The van der Waals surface area contributed by atoms with Gasteiger partial charge in [0, 0.05) is 13.6 Å². The van der Waals surface area contributed by atoms with Crippen LogP contribution in [-0.2, 0) is 11.3 Å². The molecular weight excluding hydrogens is 430 g/mol. The van der Waals surface area contributed by atoms with E-state index in [4.69, 9.17) is 9.15 Å². The topological polar surface area (TPSA) is 81.0 Å². The van der Waals surface area contributed by atoms with Gasteiger partial charge in [-0.3, -0.25) is 9.59 Å². The van der Waals surface area contributed by atoms with E-state index in [1.165, 1.54) is 30.2 Å². The van der Waals surface area contributed by atoms with E-state index < -0.39 is 12.5 Å². The van der Waals surface area contributed by atoms with Gasteiger partial charge in [0.1, 0.15) is 0 Å². The lowest BCUT2D eigenvalue weighted by Crippen LogP contribution is -2.37. The third-order valence-electron chi connectivity index (χ3n) is 3.49. The lowest BCUT2D eigenvalue weighted by atomic mass is 10.2. The molecule has 0 saturated carbocycles. The summed E-state index contributed by atoms with van der Waals surface area (Å²) in [5.74, 6) is -0.748. The number of carbonyl (C=O) groups excluding carboxylic acids is 2. The lowest BCUT2D eigenvalue weighted by Gasteiger charge is -2.18. The van der Waals surface area contributed by atoms with E-state index in [-0.39, 0.29) is 36.3 Å². The zero-order valence-corrected chi connectivity index (χ0v) is 16.1. The number of furan rings is 1. The second-order valence-electron chi connectivity index (χ2n) is 5.40. The first kappa shape index (κ1) is 20.7. The summed E-state index contributed by atoms with van der Waals surface area (Å²) < 4.78 is 39.6. The van der Waals surface area contributed by atoms with E-state index in [0.29, 0.717) is 10.2 Å². The smallest absolute Gasteiger partial charge is 0.387 e. The van der Waals surface area contributed by atoms with Crippen molar-refractivity contribution in [3.63, 3.8) is 0 Å². The highest BCUT2D eigenvalue weighted by Crippen LogP contribution is 2.29. The Bertz CT molecular complexity index is 812. The van der Waals surface area contributed by atoms with Crippen molar-refractivity contribution >= 4 is 27.7 Å². The lowest BCUT2D eigenvalue weighted by molar-refractivity contribution is -0.129. The van der Waals surface area contributed by atoms with Crippen LogP contribution in [0.5, 0.6) is 11.5 Å². The molecule has 10 heteroatoms. The highest BCUT2D eigenvalue weighted by molar-refractivity contribution is 9.10. The minimum absolute atomic E-state index is 0.0803. The van der Waals surface area contributed by atoms with E-state index in [0.717, 1.165) is 0 Å². The Morgan fingerprint density at radius 3 is 2.59 bits per heavy atom. The second kappa shape index (κ2) is 9.36. The summed E-state index contributed by atoms with van der Waals surface area (Å²) >= 11 is 3.09. The molecule has 0 aliphatic rings. The average Bonchev–Trinajstić information content (AvgIpc) is 3.06. The molecule has 146 valence electrons. The van der Waals surface area contributed by atoms with E-state index in [1.54, 1.807) is 19.2 Å². The molecule has 2 rings (SSSR count). The second-order valence-corrected chi connectivity index (χ2v) is 6.18. The summed E-state index contributed by atoms with van der Waals surface area (Å²) in [5.41, 5.74) is 0.644. The van der Waals surface area contributed by atoms with Crippen molar-refractivity contribution in [3.05, 3.63) is 46.3 Å². The minimum atomic E-state index is -2.97. The fraction of sp³-hybridized carbons (Fsp3) is 0.294. The molecule has 0 spiro atoms. The first-order valence-corrected chi connectivity index (χ1v) is 8.48. The number of amides is 2. The number of hydrogen-bond donors (Lipinski definition) is 1. The quantitative estimate of drug-likeness (QED) is 0.673. The van der Waals surface area contributed by atoms with E-state index in [9.17, 15) is 18.4 Å². The van der Waals surface area contributed by atoms with Gasteiger partial charge in [0.05, 0.1) is 13.7 Å². The van der Waals surface area contributed by atoms with Crippen molar-refractivity contribution in [2.45, 2.75) is 13.2 Å². The number of halogens is 3. The highest BCUT2D eigenvalue weighted by atomic mass is 79.9. The standard InChI is InChI=1S/C17H17BrF2N2O5/c1-22(15(23)8-21-16(24)12-5-6-14(18)26-12)9-10-3-4-11(27-17(19)20)13(7-10)25-2/h3-7,17H,8-9H2,1-2H3,(H,21,24). The van der Waals surface area contributed by atoms with E-state index in [2.05, 4.69) is 26.0 Å². The molecule has 0 aliphatic carbocycles. The molecule has 0 aliphatic heterocycles. The van der Waals surface area contributed by atoms with Gasteiger partial charge < -0.3 is 24.1 Å². The molecule has 0 bridgehead atoms. The van der Waals surface area contributed by atoms with Crippen LogP contribution in [0, 0.1) is 0 Å². The van der Waals surface area contributed by atoms with Crippen molar-refractivity contribution in [2.24, 2.45) is 0 Å². The Hall–Kier alpha value is -2.62. The van der Waals surface area contributed by atoms with Crippen LogP contribution < -0.4 is 14.8 Å². The van der Waals surface area contributed by atoms with Crippen LogP contribution in [0.4, 0.5) is 8.78 Å². The average molecular weight is 447 g/mol. The number of ether oxygens (including phenoxy) is 2. The molecule has 2 aromatic rings. The Balaban J connectivity index is 1.92. The van der Waals surface area contributed by atoms with Crippen LogP contribution in [0.25, 0.3) is 0 Å². The van der Waals surface area contributed by atoms with Gasteiger partial charge in [-0.1, -0.05) is 6.07 Å². The molecular formula is C17H17BrF2N2O5. The van der Waals surface area contributed by atoms with Crippen LogP contribution in [0.15, 0.2) is 39.4 Å². The number of likely N-dealkylation sites (N-methyl/N-ethyl adjacent to an activating group) is 1. The van der Waals surface area contributed by atoms with Crippen molar-refractivity contribution in [3.8, 4) is 11.5 Å². The van der Waals surface area contributed by atoms with Gasteiger partial charge in [-0.25, -0.2) is 0 Å². The number of rotatable bonds is 8. The Morgan fingerprint density at radius 2 is 2.00 bits per heavy atom. The van der Waals surface area contributed by atoms with Gasteiger partial charge in [-0.2, -0.15) is 8.78 Å². The van der Waals surface area contributed by atoms with Crippen molar-refractivity contribution in [1.29, 1.82) is 0 Å².